The summed E-state index contributed by atoms with van der Waals surface area (Å²) in [5.41, 5.74) is 1.42. The second-order valence-corrected chi connectivity index (χ2v) is 6.09. The Balaban J connectivity index is 1.84. The molecule has 1 aromatic rings. The number of carbonyl (C=O) groups is 1. The molecule has 110 valence electrons. The van der Waals surface area contributed by atoms with Gasteiger partial charge in [-0.1, -0.05) is 17.7 Å². The van der Waals surface area contributed by atoms with Gasteiger partial charge in [-0.2, -0.15) is 5.26 Å². The van der Waals surface area contributed by atoms with Crippen molar-refractivity contribution in [3.63, 3.8) is 0 Å². The Morgan fingerprint density at radius 2 is 2.14 bits per heavy atom. The predicted molar refractivity (Wildman–Crippen MR) is 82.3 cm³/mol. The zero-order chi connectivity index (χ0) is 14.8. The summed E-state index contributed by atoms with van der Waals surface area (Å²) in [6.07, 6.45) is 3.69. The summed E-state index contributed by atoms with van der Waals surface area (Å²) >= 11 is 6.30. The number of anilines is 1. The van der Waals surface area contributed by atoms with E-state index in [2.05, 4.69) is 11.0 Å². The van der Waals surface area contributed by atoms with E-state index < -0.39 is 0 Å². The molecular weight excluding hydrogens is 286 g/mol. The Hall–Kier alpha value is -1.73. The number of para-hydroxylation sites is 1. The van der Waals surface area contributed by atoms with Crippen LogP contribution < -0.4 is 4.90 Å². The van der Waals surface area contributed by atoms with Gasteiger partial charge in [-0.15, -0.1) is 0 Å². The van der Waals surface area contributed by atoms with Crippen LogP contribution in [0.3, 0.4) is 0 Å². The third-order valence-corrected chi connectivity index (χ3v) is 4.68. The van der Waals surface area contributed by atoms with E-state index >= 15 is 0 Å². The van der Waals surface area contributed by atoms with Gasteiger partial charge in [0.2, 0.25) is 5.91 Å². The van der Waals surface area contributed by atoms with Gasteiger partial charge in [0.15, 0.2) is 0 Å². The molecular formula is C16H18ClN3O. The van der Waals surface area contributed by atoms with Crippen LogP contribution in [0.5, 0.6) is 0 Å². The third kappa shape index (κ3) is 2.71. The van der Waals surface area contributed by atoms with E-state index in [9.17, 15) is 10.1 Å². The lowest BCUT2D eigenvalue weighted by Crippen LogP contribution is -2.48. The molecule has 0 saturated carbocycles. The number of nitriles is 1. The molecule has 2 heterocycles. The molecule has 0 aliphatic carbocycles. The molecule has 0 spiro atoms. The zero-order valence-corrected chi connectivity index (χ0v) is 12.6. The summed E-state index contributed by atoms with van der Waals surface area (Å²) in [5, 5.41) is 9.91. The lowest BCUT2D eigenvalue weighted by atomic mass is 10.0. The van der Waals surface area contributed by atoms with Gasteiger partial charge in [0.1, 0.15) is 6.07 Å². The van der Waals surface area contributed by atoms with E-state index in [1.165, 1.54) is 0 Å². The Morgan fingerprint density at radius 1 is 1.29 bits per heavy atom. The van der Waals surface area contributed by atoms with Crippen molar-refractivity contribution in [3.05, 3.63) is 28.8 Å². The lowest BCUT2D eigenvalue weighted by Gasteiger charge is -2.39. The number of hydrogen-bond donors (Lipinski definition) is 0. The van der Waals surface area contributed by atoms with Crippen LogP contribution in [0.4, 0.5) is 5.69 Å². The molecule has 2 aliphatic rings. The minimum Gasteiger partial charge on any atom is -0.367 e. The number of hydrogen-bond acceptors (Lipinski definition) is 3. The molecule has 1 atom stereocenters. The van der Waals surface area contributed by atoms with E-state index in [0.29, 0.717) is 17.0 Å². The van der Waals surface area contributed by atoms with Gasteiger partial charge in [0, 0.05) is 32.1 Å². The molecule has 5 heteroatoms. The van der Waals surface area contributed by atoms with E-state index in [-0.39, 0.29) is 11.9 Å². The number of piperidine rings is 1. The first-order valence-electron chi connectivity index (χ1n) is 7.43. The number of nitrogens with zero attached hydrogens (tertiary/aromatic N) is 3. The van der Waals surface area contributed by atoms with Crippen LogP contribution in [0.25, 0.3) is 0 Å². The highest BCUT2D eigenvalue weighted by molar-refractivity contribution is 6.33. The number of amides is 1. The molecule has 2 aliphatic heterocycles. The normalized spacial score (nSPS) is 22.5. The summed E-state index contributed by atoms with van der Waals surface area (Å²) in [4.78, 5) is 16.1. The number of carbonyl (C=O) groups excluding carboxylic acids is 1. The van der Waals surface area contributed by atoms with Crippen molar-refractivity contribution < 1.29 is 4.79 Å². The second-order valence-electron chi connectivity index (χ2n) is 5.68. The third-order valence-electron chi connectivity index (χ3n) is 4.37. The van der Waals surface area contributed by atoms with Crippen molar-refractivity contribution in [1.82, 2.24) is 4.90 Å². The number of halogens is 1. The fourth-order valence-corrected chi connectivity index (χ4v) is 3.69. The Labute approximate surface area is 129 Å². The Morgan fingerprint density at radius 3 is 2.86 bits per heavy atom. The van der Waals surface area contributed by atoms with Gasteiger partial charge in [0.05, 0.1) is 16.3 Å². The van der Waals surface area contributed by atoms with Crippen molar-refractivity contribution in [2.24, 2.45) is 0 Å². The first kappa shape index (κ1) is 14.2. The molecule has 0 N–H and O–H groups in total. The number of likely N-dealkylation sites (tertiary alicyclic amines) is 1. The Kier molecular flexibility index (Phi) is 4.03. The average Bonchev–Trinajstić information content (AvgIpc) is 2.93. The van der Waals surface area contributed by atoms with E-state index in [1.54, 1.807) is 12.1 Å². The molecule has 1 amide bonds. The van der Waals surface area contributed by atoms with Crippen LogP contribution in [0.2, 0.25) is 5.02 Å². The maximum atomic E-state index is 11.9. The average molecular weight is 304 g/mol. The standard InChI is InChI=1S/C16H18ClN3O/c17-14-6-1-4-12(10-18)16(14)19-8-2-5-13(11-19)20-9-3-7-15(20)21/h1,4,6,13H,2-3,5,7-9,11H2/t13-/m0/s1. The van der Waals surface area contributed by atoms with Gasteiger partial charge in [-0.05, 0) is 31.4 Å². The molecule has 21 heavy (non-hydrogen) atoms. The minimum atomic E-state index is 0.247. The molecule has 4 nitrogen and oxygen atoms in total. The molecule has 0 aromatic heterocycles. The highest BCUT2D eigenvalue weighted by Crippen LogP contribution is 2.33. The van der Waals surface area contributed by atoms with Crippen LogP contribution in [-0.2, 0) is 4.79 Å². The number of benzene rings is 1. The molecule has 1 aromatic carbocycles. The minimum absolute atomic E-state index is 0.247. The van der Waals surface area contributed by atoms with E-state index in [0.717, 1.165) is 44.6 Å². The van der Waals surface area contributed by atoms with E-state index in [1.807, 2.05) is 11.0 Å². The van der Waals surface area contributed by atoms with Crippen LogP contribution in [0, 0.1) is 11.3 Å². The summed E-state index contributed by atoms with van der Waals surface area (Å²) in [7, 11) is 0. The topological polar surface area (TPSA) is 47.3 Å². The monoisotopic (exact) mass is 303 g/mol. The van der Waals surface area contributed by atoms with Crippen molar-refractivity contribution in [3.8, 4) is 6.07 Å². The molecule has 2 fully saturated rings. The van der Waals surface area contributed by atoms with Crippen molar-refractivity contribution >= 4 is 23.2 Å². The quantitative estimate of drug-likeness (QED) is 0.844. The van der Waals surface area contributed by atoms with Crippen LogP contribution in [0.1, 0.15) is 31.2 Å². The highest BCUT2D eigenvalue weighted by Gasteiger charge is 2.32. The maximum Gasteiger partial charge on any atom is 0.222 e. The molecule has 0 radical (unpaired) electrons. The lowest BCUT2D eigenvalue weighted by molar-refractivity contribution is -0.129. The largest absolute Gasteiger partial charge is 0.367 e. The fraction of sp³-hybridized carbons (Fsp3) is 0.500. The number of rotatable bonds is 2. The van der Waals surface area contributed by atoms with Crippen molar-refractivity contribution in [1.29, 1.82) is 5.26 Å². The molecule has 0 bridgehead atoms. The van der Waals surface area contributed by atoms with E-state index in [4.69, 9.17) is 11.6 Å². The van der Waals surface area contributed by atoms with Crippen molar-refractivity contribution in [2.45, 2.75) is 31.7 Å². The first-order valence-corrected chi connectivity index (χ1v) is 7.81. The van der Waals surface area contributed by atoms with Crippen LogP contribution in [-0.4, -0.2) is 36.5 Å². The summed E-state index contributed by atoms with van der Waals surface area (Å²) in [6.45, 7) is 2.52. The molecule has 2 saturated heterocycles. The maximum absolute atomic E-state index is 11.9. The van der Waals surface area contributed by atoms with Gasteiger partial charge in [-0.3, -0.25) is 4.79 Å². The summed E-state index contributed by atoms with van der Waals surface area (Å²) in [5.74, 6) is 0.265. The van der Waals surface area contributed by atoms with Crippen LogP contribution >= 0.6 is 11.6 Å². The van der Waals surface area contributed by atoms with Gasteiger partial charge >= 0.3 is 0 Å². The SMILES string of the molecule is N#Cc1cccc(Cl)c1N1CCC[C@H](N2CCCC2=O)C1. The smallest absolute Gasteiger partial charge is 0.222 e. The molecule has 0 unspecified atom stereocenters. The molecule has 3 rings (SSSR count). The van der Waals surface area contributed by atoms with Crippen molar-refractivity contribution in [2.75, 3.05) is 24.5 Å². The predicted octanol–water partition coefficient (Wildman–Crippen LogP) is 2.80. The second kappa shape index (κ2) is 5.95. The van der Waals surface area contributed by atoms with Gasteiger partial charge in [-0.25, -0.2) is 0 Å². The highest BCUT2D eigenvalue weighted by atomic mass is 35.5. The Bertz CT molecular complexity index is 596. The summed E-state index contributed by atoms with van der Waals surface area (Å²) < 4.78 is 0. The fourth-order valence-electron chi connectivity index (χ4n) is 3.39. The van der Waals surface area contributed by atoms with Crippen LogP contribution in [0.15, 0.2) is 18.2 Å². The zero-order valence-electron chi connectivity index (χ0n) is 11.9. The summed E-state index contributed by atoms with van der Waals surface area (Å²) in [6, 6.07) is 7.89. The first-order chi connectivity index (χ1) is 10.2. The van der Waals surface area contributed by atoms with Gasteiger partial charge in [0.25, 0.3) is 0 Å². The van der Waals surface area contributed by atoms with Gasteiger partial charge < -0.3 is 9.80 Å².